The lowest BCUT2D eigenvalue weighted by molar-refractivity contribution is -0.139. The molecule has 0 N–H and O–H groups in total. The zero-order valence-electron chi connectivity index (χ0n) is 16.8. The van der Waals surface area contributed by atoms with Gasteiger partial charge in [-0.3, -0.25) is 4.79 Å². The smallest absolute Gasteiger partial charge is 0.232 e. The minimum Gasteiger partial charge on any atom is -0.361 e. The first-order valence-electron chi connectivity index (χ1n) is 10.2. The van der Waals surface area contributed by atoms with Gasteiger partial charge in [-0.15, -0.1) is 0 Å². The Balaban J connectivity index is 1.55. The van der Waals surface area contributed by atoms with Gasteiger partial charge in [-0.05, 0) is 32.6 Å². The molecule has 3 aromatic heterocycles. The van der Waals surface area contributed by atoms with Crippen LogP contribution in [-0.4, -0.2) is 41.7 Å². The van der Waals surface area contributed by atoms with Crippen LogP contribution in [0.3, 0.4) is 0 Å². The minimum absolute atomic E-state index is 0.0964. The van der Waals surface area contributed by atoms with E-state index in [0.717, 1.165) is 36.3 Å². The maximum atomic E-state index is 12.8. The van der Waals surface area contributed by atoms with Crippen LogP contribution in [0.25, 0.3) is 11.4 Å². The largest absolute Gasteiger partial charge is 0.361 e. The number of imidazole rings is 1. The molecule has 4 heterocycles. The van der Waals surface area contributed by atoms with Crippen molar-refractivity contribution in [2.75, 3.05) is 0 Å². The van der Waals surface area contributed by atoms with Crippen molar-refractivity contribution in [3.8, 4) is 11.4 Å². The zero-order valence-corrected chi connectivity index (χ0v) is 16.8. The number of aromatic nitrogens is 5. The van der Waals surface area contributed by atoms with E-state index in [2.05, 4.69) is 15.3 Å². The summed E-state index contributed by atoms with van der Waals surface area (Å²) >= 11 is 0. The third kappa shape index (κ3) is 2.95. The fourth-order valence-corrected chi connectivity index (χ4v) is 4.36. The van der Waals surface area contributed by atoms with Crippen LogP contribution in [0.5, 0.6) is 0 Å². The summed E-state index contributed by atoms with van der Waals surface area (Å²) in [6.07, 6.45) is 7.60. The first kappa shape index (κ1) is 18.1. The summed E-state index contributed by atoms with van der Waals surface area (Å²) < 4.78 is 13.0. The highest BCUT2D eigenvalue weighted by Gasteiger charge is 2.48. The summed E-state index contributed by atoms with van der Waals surface area (Å²) in [6.45, 7) is 3.86. The summed E-state index contributed by atoms with van der Waals surface area (Å²) in [4.78, 5) is 24.1. The van der Waals surface area contributed by atoms with Gasteiger partial charge in [-0.2, -0.15) is 4.98 Å². The van der Waals surface area contributed by atoms with Crippen molar-refractivity contribution in [1.29, 1.82) is 0 Å². The molecular weight excluding hydrogens is 372 g/mol. The first-order valence-corrected chi connectivity index (χ1v) is 10.2. The predicted molar refractivity (Wildman–Crippen MR) is 102 cm³/mol. The third-order valence-electron chi connectivity index (χ3n) is 5.95. The number of amides is 1. The van der Waals surface area contributed by atoms with Crippen molar-refractivity contribution in [1.82, 2.24) is 29.7 Å². The van der Waals surface area contributed by atoms with Gasteiger partial charge < -0.3 is 18.5 Å². The molecule has 2 atom stereocenters. The van der Waals surface area contributed by atoms with Crippen LogP contribution >= 0.6 is 0 Å². The van der Waals surface area contributed by atoms with Crippen molar-refractivity contribution in [2.45, 2.75) is 64.0 Å². The van der Waals surface area contributed by atoms with Gasteiger partial charge in [0.05, 0.1) is 17.2 Å². The molecule has 0 radical (unpaired) electrons. The Bertz CT molecular complexity index is 1050. The highest BCUT2D eigenvalue weighted by atomic mass is 16.5. The molecule has 1 saturated heterocycles. The lowest BCUT2D eigenvalue weighted by atomic mass is 9.87. The fourth-order valence-electron chi connectivity index (χ4n) is 4.36. The zero-order chi connectivity index (χ0) is 20.1. The molecule has 0 bridgehead atoms. The van der Waals surface area contributed by atoms with E-state index >= 15 is 0 Å². The number of aryl methyl sites for hydroxylation is 3. The molecule has 0 unspecified atom stereocenters. The topological polar surface area (TPSA) is 103 Å². The van der Waals surface area contributed by atoms with Crippen molar-refractivity contribution in [3.05, 3.63) is 35.6 Å². The number of nitrogens with zero attached hydrogens (tertiary/aromatic N) is 6. The normalized spacial score (nSPS) is 22.4. The van der Waals surface area contributed by atoms with Crippen LogP contribution < -0.4 is 0 Å². The number of carbonyl (C=O) groups is 1. The Labute approximate surface area is 168 Å². The number of carbonyl (C=O) groups excluding carboxylic acids is 1. The van der Waals surface area contributed by atoms with Crippen molar-refractivity contribution in [2.24, 2.45) is 7.05 Å². The van der Waals surface area contributed by atoms with Crippen LogP contribution in [0.4, 0.5) is 0 Å². The van der Waals surface area contributed by atoms with Crippen molar-refractivity contribution < 1.29 is 13.8 Å². The highest BCUT2D eigenvalue weighted by molar-refractivity contribution is 5.78. The Morgan fingerprint density at radius 3 is 2.72 bits per heavy atom. The fraction of sp³-hybridized carbons (Fsp3) is 0.550. The van der Waals surface area contributed by atoms with E-state index in [4.69, 9.17) is 14.0 Å². The lowest BCUT2D eigenvalue weighted by Crippen LogP contribution is -2.44. The molecule has 5 rings (SSSR count). The lowest BCUT2D eigenvalue weighted by Gasteiger charge is -2.39. The maximum absolute atomic E-state index is 12.8. The summed E-state index contributed by atoms with van der Waals surface area (Å²) in [5.74, 6) is 2.64. The second-order valence-electron chi connectivity index (χ2n) is 7.89. The van der Waals surface area contributed by atoms with E-state index in [-0.39, 0.29) is 23.9 Å². The summed E-state index contributed by atoms with van der Waals surface area (Å²) in [6, 6.07) is 0.0765. The van der Waals surface area contributed by atoms with Gasteiger partial charge in [0.2, 0.25) is 17.6 Å². The maximum Gasteiger partial charge on any atom is 0.232 e. The standard InChI is InChI=1S/C20H24N6O3/c1-4-14-16(11(2)28-23-14)18-22-20(29-24-18)13-7-8-15(27)26(12-5-6-12)17(13)19-21-9-10-25(19)3/h9-10,12-13,17H,4-8H2,1-3H3/t13-,17-/m0/s1. The Kier molecular flexibility index (Phi) is 4.25. The van der Waals surface area contributed by atoms with Gasteiger partial charge in [0, 0.05) is 31.9 Å². The summed E-state index contributed by atoms with van der Waals surface area (Å²) in [5.41, 5.74) is 1.61. The second-order valence-corrected chi connectivity index (χ2v) is 7.89. The first-order chi connectivity index (χ1) is 14.1. The van der Waals surface area contributed by atoms with Crippen LogP contribution in [0.15, 0.2) is 21.4 Å². The molecule has 0 spiro atoms. The van der Waals surface area contributed by atoms with Crippen LogP contribution in [-0.2, 0) is 18.3 Å². The average Bonchev–Trinajstić information content (AvgIpc) is 3.09. The highest BCUT2D eigenvalue weighted by Crippen LogP contribution is 2.47. The van der Waals surface area contributed by atoms with Crippen molar-refractivity contribution in [3.63, 3.8) is 0 Å². The number of piperidine rings is 1. The molecule has 2 fully saturated rings. The minimum atomic E-state index is -0.203. The molecule has 1 saturated carbocycles. The van der Waals surface area contributed by atoms with Gasteiger partial charge in [0.25, 0.3) is 0 Å². The number of hydrogen-bond acceptors (Lipinski definition) is 7. The Hall–Kier alpha value is -2.97. The quantitative estimate of drug-likeness (QED) is 0.653. The van der Waals surface area contributed by atoms with Crippen molar-refractivity contribution >= 4 is 5.91 Å². The Morgan fingerprint density at radius 2 is 2.03 bits per heavy atom. The van der Waals surface area contributed by atoms with Crippen LogP contribution in [0.2, 0.25) is 0 Å². The second kappa shape index (κ2) is 6.82. The summed E-state index contributed by atoms with van der Waals surface area (Å²) in [7, 11) is 1.96. The van der Waals surface area contributed by atoms with Gasteiger partial charge in [-0.25, -0.2) is 4.98 Å². The van der Waals surface area contributed by atoms with Gasteiger partial charge in [0.15, 0.2) is 0 Å². The molecular formula is C20H24N6O3. The molecule has 9 nitrogen and oxygen atoms in total. The number of hydrogen-bond donors (Lipinski definition) is 0. The number of rotatable bonds is 5. The monoisotopic (exact) mass is 396 g/mol. The molecule has 1 aliphatic carbocycles. The number of likely N-dealkylation sites (tertiary alicyclic amines) is 1. The van der Waals surface area contributed by atoms with E-state index in [1.165, 1.54) is 0 Å². The average molecular weight is 396 g/mol. The van der Waals surface area contributed by atoms with E-state index in [0.29, 0.717) is 30.3 Å². The van der Waals surface area contributed by atoms with E-state index in [1.807, 2.05) is 36.6 Å². The van der Waals surface area contributed by atoms with Crippen LogP contribution in [0, 0.1) is 6.92 Å². The van der Waals surface area contributed by atoms with Gasteiger partial charge in [0.1, 0.15) is 17.6 Å². The van der Waals surface area contributed by atoms with E-state index in [1.54, 1.807) is 6.20 Å². The molecule has 152 valence electrons. The molecule has 29 heavy (non-hydrogen) atoms. The molecule has 1 amide bonds. The van der Waals surface area contributed by atoms with Gasteiger partial charge in [-0.1, -0.05) is 17.2 Å². The predicted octanol–water partition coefficient (Wildman–Crippen LogP) is 2.94. The molecule has 0 aromatic carbocycles. The SMILES string of the molecule is CCc1noc(C)c1-c1noc([C@H]2CCC(=O)N(C3CC3)[C@@H]2c2nccn2C)n1. The van der Waals surface area contributed by atoms with Gasteiger partial charge >= 0.3 is 0 Å². The van der Waals surface area contributed by atoms with E-state index in [9.17, 15) is 4.79 Å². The van der Waals surface area contributed by atoms with Crippen LogP contribution in [0.1, 0.15) is 67.7 Å². The molecule has 9 heteroatoms. The molecule has 3 aromatic rings. The molecule has 2 aliphatic rings. The third-order valence-corrected chi connectivity index (χ3v) is 5.95. The Morgan fingerprint density at radius 1 is 1.21 bits per heavy atom. The molecule has 1 aliphatic heterocycles. The van der Waals surface area contributed by atoms with E-state index < -0.39 is 0 Å². The summed E-state index contributed by atoms with van der Waals surface area (Å²) in [5, 5.41) is 8.32.